The molecule has 0 spiro atoms. The summed E-state index contributed by atoms with van der Waals surface area (Å²) in [5.41, 5.74) is 0.285. The number of hydrogen-bond acceptors (Lipinski definition) is 4. The second-order valence-corrected chi connectivity index (χ2v) is 5.39. The summed E-state index contributed by atoms with van der Waals surface area (Å²) in [7, 11) is 0. The lowest BCUT2D eigenvalue weighted by molar-refractivity contribution is -0.116. The molecule has 0 aliphatic heterocycles. The predicted molar refractivity (Wildman–Crippen MR) is 76.5 cm³/mol. The average molecular weight is 279 g/mol. The minimum absolute atomic E-state index is 0.162. The van der Waals surface area contributed by atoms with Crippen molar-refractivity contribution >= 4 is 17.8 Å². The van der Waals surface area contributed by atoms with Crippen molar-refractivity contribution in [2.24, 2.45) is 0 Å². The molecule has 1 heterocycles. The average Bonchev–Trinajstić information content (AvgIpc) is 2.26. The van der Waals surface area contributed by atoms with Crippen LogP contribution in [0.4, 0.5) is 10.6 Å². The lowest BCUT2D eigenvalue weighted by Gasteiger charge is -2.19. The van der Waals surface area contributed by atoms with Crippen LogP contribution in [0.1, 0.15) is 32.9 Å². The van der Waals surface area contributed by atoms with Crippen molar-refractivity contribution in [3.8, 4) is 0 Å². The largest absolute Gasteiger partial charge is 0.444 e. The third-order valence-corrected chi connectivity index (χ3v) is 2.18. The molecule has 20 heavy (non-hydrogen) atoms. The molecule has 0 radical (unpaired) electrons. The minimum Gasteiger partial charge on any atom is -0.444 e. The Kier molecular flexibility index (Phi) is 5.49. The Hall–Kier alpha value is -2.11. The Morgan fingerprint density at radius 1 is 1.30 bits per heavy atom. The zero-order chi connectivity index (χ0) is 15.2. The van der Waals surface area contributed by atoms with Gasteiger partial charge in [-0.15, -0.1) is 0 Å². The number of ether oxygens (including phenoxy) is 1. The van der Waals surface area contributed by atoms with Crippen LogP contribution in [0.2, 0.25) is 0 Å². The molecule has 6 nitrogen and oxygen atoms in total. The summed E-state index contributed by atoms with van der Waals surface area (Å²) in [5, 5.41) is 5.19. The van der Waals surface area contributed by atoms with E-state index in [1.54, 1.807) is 26.8 Å². The maximum absolute atomic E-state index is 11.6. The van der Waals surface area contributed by atoms with E-state index in [0.717, 1.165) is 5.69 Å². The molecule has 6 heteroatoms. The maximum atomic E-state index is 11.6. The third-order valence-electron chi connectivity index (χ3n) is 2.18. The summed E-state index contributed by atoms with van der Waals surface area (Å²) in [6.07, 6.45) is -0.367. The Bertz CT molecular complexity index is 481. The van der Waals surface area contributed by atoms with Crippen LogP contribution < -0.4 is 10.6 Å². The molecule has 2 amide bonds. The summed E-state index contributed by atoms with van der Waals surface area (Å²) in [6, 6.07) is 5.38. The zero-order valence-corrected chi connectivity index (χ0v) is 12.3. The molecule has 1 rings (SSSR count). The van der Waals surface area contributed by atoms with E-state index in [2.05, 4.69) is 15.6 Å². The minimum atomic E-state index is -0.544. The molecule has 0 aliphatic carbocycles. The van der Waals surface area contributed by atoms with E-state index in [0.29, 0.717) is 5.82 Å². The molecule has 0 unspecified atom stereocenters. The molecule has 0 fully saturated rings. The molecule has 1 aromatic rings. The van der Waals surface area contributed by atoms with Crippen molar-refractivity contribution in [1.82, 2.24) is 10.3 Å². The fourth-order valence-corrected chi connectivity index (χ4v) is 1.41. The van der Waals surface area contributed by atoms with Crippen LogP contribution in [0.15, 0.2) is 18.2 Å². The van der Waals surface area contributed by atoms with Crippen LogP contribution in [0.3, 0.4) is 0 Å². The highest BCUT2D eigenvalue weighted by molar-refractivity contribution is 5.90. The number of carbonyl (C=O) groups is 2. The van der Waals surface area contributed by atoms with E-state index in [1.807, 2.05) is 19.1 Å². The molecule has 0 saturated heterocycles. The van der Waals surface area contributed by atoms with Gasteiger partial charge in [0.15, 0.2) is 0 Å². The van der Waals surface area contributed by atoms with E-state index < -0.39 is 11.7 Å². The maximum Gasteiger partial charge on any atom is 0.407 e. The number of carbonyl (C=O) groups excluding carboxylic acids is 2. The number of amides is 2. The standard InChI is InChI=1S/C14H21N3O3/c1-10-6-5-7-11(16-10)17-12(18)8-9-15-13(19)20-14(2,3)4/h5-7H,8-9H2,1-4H3,(H,15,19)(H,16,17,18). The number of aromatic nitrogens is 1. The van der Waals surface area contributed by atoms with Gasteiger partial charge in [-0.25, -0.2) is 9.78 Å². The van der Waals surface area contributed by atoms with Crippen LogP contribution >= 0.6 is 0 Å². The van der Waals surface area contributed by atoms with E-state index in [9.17, 15) is 9.59 Å². The fraction of sp³-hybridized carbons (Fsp3) is 0.500. The molecule has 0 aliphatic rings. The van der Waals surface area contributed by atoms with Gasteiger partial charge in [-0.1, -0.05) is 6.07 Å². The van der Waals surface area contributed by atoms with Gasteiger partial charge in [0.1, 0.15) is 11.4 Å². The van der Waals surface area contributed by atoms with E-state index >= 15 is 0 Å². The molecule has 0 aromatic carbocycles. The predicted octanol–water partition coefficient (Wildman–Crippen LogP) is 2.24. The number of nitrogens with one attached hydrogen (secondary N) is 2. The van der Waals surface area contributed by atoms with Gasteiger partial charge in [-0.2, -0.15) is 0 Å². The van der Waals surface area contributed by atoms with Gasteiger partial charge in [0.05, 0.1) is 0 Å². The summed E-state index contributed by atoms with van der Waals surface area (Å²) in [6.45, 7) is 7.40. The normalized spacial score (nSPS) is 10.8. The third kappa shape index (κ3) is 6.72. The first kappa shape index (κ1) is 15.9. The Morgan fingerprint density at radius 3 is 2.60 bits per heavy atom. The molecule has 1 aromatic heterocycles. The van der Waals surface area contributed by atoms with Crippen molar-refractivity contribution in [1.29, 1.82) is 0 Å². The van der Waals surface area contributed by atoms with Crippen LogP contribution in [0.5, 0.6) is 0 Å². The highest BCUT2D eigenvalue weighted by Gasteiger charge is 2.15. The highest BCUT2D eigenvalue weighted by Crippen LogP contribution is 2.06. The Labute approximate surface area is 118 Å². The van der Waals surface area contributed by atoms with E-state index in [-0.39, 0.29) is 18.9 Å². The summed E-state index contributed by atoms with van der Waals surface area (Å²) >= 11 is 0. The van der Waals surface area contributed by atoms with E-state index in [4.69, 9.17) is 4.74 Å². The van der Waals surface area contributed by atoms with Crippen molar-refractivity contribution in [2.75, 3.05) is 11.9 Å². The molecule has 110 valence electrons. The number of hydrogen-bond donors (Lipinski definition) is 2. The number of alkyl carbamates (subject to hydrolysis) is 1. The first-order valence-electron chi connectivity index (χ1n) is 6.46. The number of pyridine rings is 1. The van der Waals surface area contributed by atoms with E-state index in [1.165, 1.54) is 0 Å². The number of rotatable bonds is 4. The lowest BCUT2D eigenvalue weighted by Crippen LogP contribution is -2.34. The van der Waals surface area contributed by atoms with Gasteiger partial charge in [-0.3, -0.25) is 4.79 Å². The van der Waals surface area contributed by atoms with Crippen LogP contribution in [0, 0.1) is 6.92 Å². The molecule has 0 bridgehead atoms. The van der Waals surface area contributed by atoms with Gasteiger partial charge in [0.2, 0.25) is 5.91 Å². The lowest BCUT2D eigenvalue weighted by atomic mass is 10.2. The Balaban J connectivity index is 2.29. The monoisotopic (exact) mass is 279 g/mol. The summed E-state index contributed by atoms with van der Waals surface area (Å²) in [5.74, 6) is 0.298. The van der Waals surface area contributed by atoms with Crippen LogP contribution in [-0.2, 0) is 9.53 Å². The second-order valence-electron chi connectivity index (χ2n) is 5.39. The van der Waals surface area contributed by atoms with Crippen molar-refractivity contribution in [3.63, 3.8) is 0 Å². The molecular weight excluding hydrogens is 258 g/mol. The molecular formula is C14H21N3O3. The topological polar surface area (TPSA) is 80.3 Å². The second kappa shape index (κ2) is 6.88. The van der Waals surface area contributed by atoms with Crippen LogP contribution in [0.25, 0.3) is 0 Å². The highest BCUT2D eigenvalue weighted by atomic mass is 16.6. The first-order valence-corrected chi connectivity index (χ1v) is 6.46. The fourth-order valence-electron chi connectivity index (χ4n) is 1.41. The van der Waals surface area contributed by atoms with Crippen molar-refractivity contribution in [2.45, 2.75) is 39.7 Å². The summed E-state index contributed by atoms with van der Waals surface area (Å²) in [4.78, 5) is 27.2. The summed E-state index contributed by atoms with van der Waals surface area (Å²) < 4.78 is 5.06. The Morgan fingerprint density at radius 2 is 2.00 bits per heavy atom. The van der Waals surface area contributed by atoms with Gasteiger partial charge in [0, 0.05) is 18.7 Å². The van der Waals surface area contributed by atoms with Gasteiger partial charge in [-0.05, 0) is 39.8 Å². The number of anilines is 1. The number of aryl methyl sites for hydroxylation is 1. The van der Waals surface area contributed by atoms with Gasteiger partial charge >= 0.3 is 6.09 Å². The van der Waals surface area contributed by atoms with Crippen LogP contribution in [-0.4, -0.2) is 29.1 Å². The number of nitrogens with zero attached hydrogens (tertiary/aromatic N) is 1. The van der Waals surface area contributed by atoms with Crippen molar-refractivity contribution < 1.29 is 14.3 Å². The first-order chi connectivity index (χ1) is 9.26. The zero-order valence-electron chi connectivity index (χ0n) is 12.3. The van der Waals surface area contributed by atoms with Gasteiger partial charge in [0.25, 0.3) is 0 Å². The SMILES string of the molecule is Cc1cccc(NC(=O)CCNC(=O)OC(C)(C)C)n1. The van der Waals surface area contributed by atoms with Gasteiger partial charge < -0.3 is 15.4 Å². The molecule has 0 saturated carbocycles. The smallest absolute Gasteiger partial charge is 0.407 e. The van der Waals surface area contributed by atoms with Crippen molar-refractivity contribution in [3.05, 3.63) is 23.9 Å². The molecule has 0 atom stereocenters. The quantitative estimate of drug-likeness (QED) is 0.885. The molecule has 2 N–H and O–H groups in total.